The molecule has 3 nitrogen and oxygen atoms in total. The lowest BCUT2D eigenvalue weighted by Crippen LogP contribution is -2.34. The minimum absolute atomic E-state index is 0.415. The molecule has 0 spiro atoms. The highest BCUT2D eigenvalue weighted by Crippen LogP contribution is 2.36. The summed E-state index contributed by atoms with van der Waals surface area (Å²) in [6, 6.07) is 0. The molecule has 0 bridgehead atoms. The summed E-state index contributed by atoms with van der Waals surface area (Å²) in [6.07, 6.45) is 11.4. The van der Waals surface area contributed by atoms with Gasteiger partial charge < -0.3 is 5.11 Å². The van der Waals surface area contributed by atoms with Gasteiger partial charge in [-0.25, -0.2) is 0 Å². The SMILES string of the molecule is CCC1CCC(O)(CCc2cnn(C)c2)CC1. The predicted molar refractivity (Wildman–Crippen MR) is 68.7 cm³/mol. The van der Waals surface area contributed by atoms with E-state index >= 15 is 0 Å². The van der Waals surface area contributed by atoms with E-state index in [-0.39, 0.29) is 0 Å². The van der Waals surface area contributed by atoms with Crippen LogP contribution in [0.4, 0.5) is 0 Å². The third-order valence-electron chi connectivity index (χ3n) is 4.25. The summed E-state index contributed by atoms with van der Waals surface area (Å²) in [5.74, 6) is 0.841. The van der Waals surface area contributed by atoms with Crippen LogP contribution in [0.1, 0.15) is 51.0 Å². The van der Waals surface area contributed by atoms with Gasteiger partial charge in [-0.3, -0.25) is 4.68 Å². The summed E-state index contributed by atoms with van der Waals surface area (Å²) >= 11 is 0. The van der Waals surface area contributed by atoms with Crippen LogP contribution >= 0.6 is 0 Å². The Hall–Kier alpha value is -0.830. The van der Waals surface area contributed by atoms with Gasteiger partial charge in [0, 0.05) is 13.2 Å². The Labute approximate surface area is 104 Å². The molecule has 1 fully saturated rings. The summed E-state index contributed by atoms with van der Waals surface area (Å²) in [7, 11) is 1.94. The highest BCUT2D eigenvalue weighted by molar-refractivity contribution is 5.05. The molecule has 0 radical (unpaired) electrons. The molecule has 1 heterocycles. The average Bonchev–Trinajstić information content (AvgIpc) is 2.74. The maximum atomic E-state index is 10.5. The molecule has 2 rings (SSSR count). The topological polar surface area (TPSA) is 38.1 Å². The average molecular weight is 236 g/mol. The zero-order valence-electron chi connectivity index (χ0n) is 11.0. The van der Waals surface area contributed by atoms with E-state index in [9.17, 15) is 5.11 Å². The van der Waals surface area contributed by atoms with Crippen molar-refractivity contribution in [2.45, 2.75) is 57.5 Å². The molecule has 1 saturated carbocycles. The molecule has 1 aromatic heterocycles. The van der Waals surface area contributed by atoms with E-state index in [1.807, 2.05) is 24.1 Å². The third kappa shape index (κ3) is 3.32. The van der Waals surface area contributed by atoms with Crippen LogP contribution in [0.3, 0.4) is 0 Å². The zero-order chi connectivity index (χ0) is 12.3. The van der Waals surface area contributed by atoms with Crippen molar-refractivity contribution in [3.8, 4) is 0 Å². The highest BCUT2D eigenvalue weighted by atomic mass is 16.3. The Bertz CT molecular complexity index is 351. The standard InChI is InChI=1S/C14H24N2O/c1-3-12-4-7-14(17,8-5-12)9-6-13-10-15-16(2)11-13/h10-12,17H,3-9H2,1-2H3. The van der Waals surface area contributed by atoms with Gasteiger partial charge in [0.2, 0.25) is 0 Å². The number of hydrogen-bond donors (Lipinski definition) is 1. The third-order valence-corrected chi connectivity index (χ3v) is 4.25. The molecule has 0 amide bonds. The second-order valence-corrected chi connectivity index (χ2v) is 5.60. The molecule has 1 aliphatic rings. The molecule has 1 N–H and O–H groups in total. The van der Waals surface area contributed by atoms with Crippen molar-refractivity contribution in [1.29, 1.82) is 0 Å². The molecular weight excluding hydrogens is 212 g/mol. The van der Waals surface area contributed by atoms with E-state index in [0.717, 1.165) is 31.6 Å². The van der Waals surface area contributed by atoms with Gasteiger partial charge in [0.1, 0.15) is 0 Å². The normalized spacial score (nSPS) is 29.5. The number of aryl methyl sites for hydroxylation is 2. The Morgan fingerprint density at radius 3 is 2.71 bits per heavy atom. The molecule has 0 atom stereocenters. The quantitative estimate of drug-likeness (QED) is 0.873. The van der Waals surface area contributed by atoms with Crippen molar-refractivity contribution in [1.82, 2.24) is 9.78 Å². The molecule has 3 heteroatoms. The number of hydrogen-bond acceptors (Lipinski definition) is 2. The van der Waals surface area contributed by atoms with Crippen LogP contribution in [-0.2, 0) is 13.5 Å². The number of rotatable bonds is 4. The first-order valence-electron chi connectivity index (χ1n) is 6.81. The van der Waals surface area contributed by atoms with Gasteiger partial charge >= 0.3 is 0 Å². The van der Waals surface area contributed by atoms with Crippen LogP contribution in [0.2, 0.25) is 0 Å². The predicted octanol–water partition coefficient (Wildman–Crippen LogP) is 2.68. The Morgan fingerprint density at radius 2 is 2.18 bits per heavy atom. The Morgan fingerprint density at radius 1 is 1.47 bits per heavy atom. The molecule has 17 heavy (non-hydrogen) atoms. The molecular formula is C14H24N2O. The molecule has 0 aromatic carbocycles. The van der Waals surface area contributed by atoms with Crippen LogP contribution in [0, 0.1) is 5.92 Å². The van der Waals surface area contributed by atoms with Gasteiger partial charge in [-0.2, -0.15) is 5.10 Å². The first kappa shape index (κ1) is 12.6. The number of nitrogens with zero attached hydrogens (tertiary/aromatic N) is 2. The Balaban J connectivity index is 1.82. The summed E-state index contributed by atoms with van der Waals surface area (Å²) in [6.45, 7) is 2.25. The number of aromatic nitrogens is 2. The van der Waals surface area contributed by atoms with Gasteiger partial charge in [-0.1, -0.05) is 13.3 Å². The molecule has 0 saturated heterocycles. The van der Waals surface area contributed by atoms with Crippen molar-refractivity contribution in [2.24, 2.45) is 13.0 Å². The van der Waals surface area contributed by atoms with E-state index in [0.29, 0.717) is 0 Å². The van der Waals surface area contributed by atoms with Gasteiger partial charge in [-0.05, 0) is 50.0 Å². The van der Waals surface area contributed by atoms with E-state index in [4.69, 9.17) is 0 Å². The Kier molecular flexibility index (Phi) is 3.87. The lowest BCUT2D eigenvalue weighted by molar-refractivity contribution is -0.0166. The summed E-state index contributed by atoms with van der Waals surface area (Å²) in [5.41, 5.74) is 0.820. The highest BCUT2D eigenvalue weighted by Gasteiger charge is 2.32. The molecule has 0 aliphatic heterocycles. The maximum Gasteiger partial charge on any atom is 0.0651 e. The van der Waals surface area contributed by atoms with Crippen LogP contribution in [-0.4, -0.2) is 20.5 Å². The first-order chi connectivity index (χ1) is 8.11. The smallest absolute Gasteiger partial charge is 0.0651 e. The molecule has 0 unspecified atom stereocenters. The molecule has 1 aromatic rings. The van der Waals surface area contributed by atoms with Crippen LogP contribution < -0.4 is 0 Å². The molecule has 96 valence electrons. The maximum absolute atomic E-state index is 10.5. The fourth-order valence-electron chi connectivity index (χ4n) is 2.85. The van der Waals surface area contributed by atoms with Crippen molar-refractivity contribution >= 4 is 0 Å². The fraction of sp³-hybridized carbons (Fsp3) is 0.786. The van der Waals surface area contributed by atoms with Crippen LogP contribution in [0.5, 0.6) is 0 Å². The van der Waals surface area contributed by atoms with Gasteiger partial charge in [0.15, 0.2) is 0 Å². The van der Waals surface area contributed by atoms with Crippen molar-refractivity contribution in [3.05, 3.63) is 18.0 Å². The summed E-state index contributed by atoms with van der Waals surface area (Å²) in [5, 5.41) is 14.7. The van der Waals surface area contributed by atoms with E-state index in [1.54, 1.807) is 0 Å². The molecule has 1 aliphatic carbocycles. The fourth-order valence-corrected chi connectivity index (χ4v) is 2.85. The largest absolute Gasteiger partial charge is 0.390 e. The minimum atomic E-state index is -0.415. The van der Waals surface area contributed by atoms with Crippen LogP contribution in [0.25, 0.3) is 0 Å². The second-order valence-electron chi connectivity index (χ2n) is 5.60. The van der Waals surface area contributed by atoms with Crippen molar-refractivity contribution in [2.75, 3.05) is 0 Å². The van der Waals surface area contributed by atoms with Gasteiger partial charge in [-0.15, -0.1) is 0 Å². The lowest BCUT2D eigenvalue weighted by Gasteiger charge is -2.35. The van der Waals surface area contributed by atoms with Crippen molar-refractivity contribution in [3.63, 3.8) is 0 Å². The minimum Gasteiger partial charge on any atom is -0.390 e. The summed E-state index contributed by atoms with van der Waals surface area (Å²) < 4.78 is 1.83. The van der Waals surface area contributed by atoms with E-state index in [1.165, 1.54) is 24.8 Å². The van der Waals surface area contributed by atoms with Crippen LogP contribution in [0.15, 0.2) is 12.4 Å². The first-order valence-corrected chi connectivity index (χ1v) is 6.81. The summed E-state index contributed by atoms with van der Waals surface area (Å²) in [4.78, 5) is 0. The lowest BCUT2D eigenvalue weighted by atomic mass is 9.75. The monoisotopic (exact) mass is 236 g/mol. The number of aliphatic hydroxyl groups is 1. The zero-order valence-corrected chi connectivity index (χ0v) is 11.0. The van der Waals surface area contributed by atoms with E-state index in [2.05, 4.69) is 12.0 Å². The van der Waals surface area contributed by atoms with Gasteiger partial charge in [0.05, 0.1) is 11.8 Å². The van der Waals surface area contributed by atoms with E-state index < -0.39 is 5.60 Å². The van der Waals surface area contributed by atoms with Crippen molar-refractivity contribution < 1.29 is 5.11 Å². The van der Waals surface area contributed by atoms with Gasteiger partial charge in [0.25, 0.3) is 0 Å². The second kappa shape index (κ2) is 5.21.